The summed E-state index contributed by atoms with van der Waals surface area (Å²) in [6.45, 7) is 4.61. The van der Waals surface area contributed by atoms with E-state index in [9.17, 15) is 30.3 Å². The first-order chi connectivity index (χ1) is 24.9. The molecule has 0 amide bonds. The number of aromatic hydroxyl groups is 3. The lowest BCUT2D eigenvalue weighted by Gasteiger charge is -2.45. The Morgan fingerprint density at radius 2 is 1.81 bits per heavy atom. The first-order valence-corrected chi connectivity index (χ1v) is 18.1. The predicted molar refractivity (Wildman–Crippen MR) is 198 cm³/mol. The van der Waals surface area contributed by atoms with E-state index in [2.05, 4.69) is 23.8 Å². The summed E-state index contributed by atoms with van der Waals surface area (Å²) in [5, 5.41) is 55.1. The number of pyridine rings is 1. The van der Waals surface area contributed by atoms with Crippen molar-refractivity contribution in [1.82, 2.24) is 9.97 Å². The van der Waals surface area contributed by atoms with Crippen molar-refractivity contribution < 1.29 is 39.8 Å². The molecule has 0 bridgehead atoms. The summed E-state index contributed by atoms with van der Waals surface area (Å²) in [5.41, 5.74) is 8.11. The Balaban J connectivity index is 1.50. The third kappa shape index (κ3) is 8.82. The highest BCUT2D eigenvalue weighted by molar-refractivity contribution is 5.84. The Bertz CT molecular complexity index is 1780. The second-order valence-corrected chi connectivity index (χ2v) is 14.5. The molecular weight excluding hydrogens is 662 g/mol. The average Bonchev–Trinajstić information content (AvgIpc) is 3.75. The number of ketones is 1. The molecule has 0 radical (unpaired) electrons. The number of aryl methyl sites for hydroxylation is 2. The number of benzene rings is 2. The summed E-state index contributed by atoms with van der Waals surface area (Å²) in [6.07, 6.45) is 5.11. The molecule has 52 heavy (non-hydrogen) atoms. The van der Waals surface area contributed by atoms with Gasteiger partial charge in [-0.05, 0) is 116 Å². The van der Waals surface area contributed by atoms with Gasteiger partial charge in [-0.1, -0.05) is 32.0 Å². The minimum atomic E-state index is -1.14. The van der Waals surface area contributed by atoms with Gasteiger partial charge in [-0.3, -0.25) is 4.79 Å². The molecule has 7 N–H and O–H groups in total. The van der Waals surface area contributed by atoms with Crippen LogP contribution in [0.5, 0.6) is 28.7 Å². The van der Waals surface area contributed by atoms with E-state index in [1.165, 1.54) is 19.2 Å². The number of nitrogens with two attached hydrogens (primary N) is 1. The molecule has 2 aromatic carbocycles. The number of nitrogens with zero attached hydrogens (tertiary/aromatic N) is 2. The van der Waals surface area contributed by atoms with Gasteiger partial charge in [0.1, 0.15) is 11.6 Å². The number of aliphatic hydroxyl groups is 2. The largest absolute Gasteiger partial charge is 0.668 e. The van der Waals surface area contributed by atoms with Crippen molar-refractivity contribution in [2.24, 2.45) is 17.8 Å². The van der Waals surface area contributed by atoms with Gasteiger partial charge in [0.2, 0.25) is 5.75 Å². The molecule has 5 atom stereocenters. The third-order valence-electron chi connectivity index (χ3n) is 10.6. The van der Waals surface area contributed by atoms with Crippen LogP contribution < -0.4 is 20.2 Å². The smallest absolute Gasteiger partial charge is 0.200 e. The van der Waals surface area contributed by atoms with E-state index >= 15 is 0 Å². The van der Waals surface area contributed by atoms with Crippen LogP contribution in [0.15, 0.2) is 67.0 Å². The van der Waals surface area contributed by atoms with Crippen LogP contribution in [0, 0.1) is 17.8 Å². The van der Waals surface area contributed by atoms with Crippen molar-refractivity contribution in [2.75, 3.05) is 19.5 Å². The molecule has 280 valence electrons. The first kappa shape index (κ1) is 38.5. The number of ether oxygens (including phenoxy) is 2. The molecule has 0 aliphatic heterocycles. The SMILES string of the molecule is COc1cc(CC[C@@H](O)[C@H](C(=O)CCc2cc(O)c(O)c(OCCCC(C)C)c2)[C@@]2(c3ccnc(N)c3)CC[C@@H](O)[C@@H]2Cc2ccc[n-]2)ccc1O. The number of carbonyl (C=O) groups is 1. The number of Topliss-reactive ketones (excluding diaryl/α,β-unsaturated/α-hetero) is 1. The minimum absolute atomic E-state index is 0.00220. The number of anilines is 1. The molecular formula is C41H52N3O8-. The predicted octanol–water partition coefficient (Wildman–Crippen LogP) is 5.62. The van der Waals surface area contributed by atoms with Gasteiger partial charge in [0.05, 0.1) is 31.8 Å². The van der Waals surface area contributed by atoms with Gasteiger partial charge in [0.15, 0.2) is 23.0 Å². The van der Waals surface area contributed by atoms with Crippen LogP contribution in [0.25, 0.3) is 0 Å². The molecule has 0 spiro atoms. The van der Waals surface area contributed by atoms with Crippen LogP contribution >= 0.6 is 0 Å². The van der Waals surface area contributed by atoms with Crippen molar-refractivity contribution in [2.45, 2.75) is 89.3 Å². The molecule has 1 aliphatic rings. The van der Waals surface area contributed by atoms with Crippen LogP contribution in [0.4, 0.5) is 5.82 Å². The lowest BCUT2D eigenvalue weighted by molar-refractivity contribution is -0.132. The summed E-state index contributed by atoms with van der Waals surface area (Å²) in [7, 11) is 1.47. The molecule has 11 heteroatoms. The number of aliphatic hydroxyl groups excluding tert-OH is 2. The normalized spacial score (nSPS) is 19.8. The maximum atomic E-state index is 14.8. The molecule has 4 aromatic rings. The molecule has 2 aromatic heterocycles. The molecule has 2 heterocycles. The summed E-state index contributed by atoms with van der Waals surface area (Å²) in [4.78, 5) is 23.5. The van der Waals surface area contributed by atoms with Crippen molar-refractivity contribution >= 4 is 11.6 Å². The van der Waals surface area contributed by atoms with Crippen LogP contribution in [0.1, 0.15) is 74.8 Å². The van der Waals surface area contributed by atoms with Crippen molar-refractivity contribution in [3.05, 3.63) is 89.4 Å². The standard InChI is InChI=1S/C41H52N3O8/c1-25(2)6-5-19-52-37-22-27(20-35(49)40(37)50)10-13-34(48)39(33(47)12-9-26-8-11-32(46)36(21-26)51-3)41(28-15-18-44-38(42)23-28)16-14-31(45)30(41)24-29-7-4-17-43-29/h4,7-8,11,15,17-18,20-23,25,30-31,33,39,45-47,49-50H,5-6,9-10,12-14,16,19,24H2,1-3H3,(H2,42,44)/q-1/t30-,31+,33+,39+,41+/m0/s1. The van der Waals surface area contributed by atoms with Crippen LogP contribution in [-0.4, -0.2) is 62.2 Å². The molecule has 1 aliphatic carbocycles. The van der Waals surface area contributed by atoms with Gasteiger partial charge in [-0.15, -0.1) is 0 Å². The molecule has 0 saturated heterocycles. The number of hydrogen-bond acceptors (Lipinski definition) is 10. The minimum Gasteiger partial charge on any atom is -0.668 e. The maximum absolute atomic E-state index is 14.8. The number of methoxy groups -OCH3 is 1. The van der Waals surface area contributed by atoms with Crippen LogP contribution in [0.2, 0.25) is 0 Å². The van der Waals surface area contributed by atoms with E-state index in [0.29, 0.717) is 49.5 Å². The Kier molecular flexibility index (Phi) is 12.7. The lowest BCUT2D eigenvalue weighted by atomic mass is 9.58. The quantitative estimate of drug-likeness (QED) is 0.0554. The summed E-state index contributed by atoms with van der Waals surface area (Å²) in [6, 6.07) is 15.4. The Hall–Kier alpha value is -4.74. The molecule has 0 unspecified atom stereocenters. The van der Waals surface area contributed by atoms with E-state index in [1.807, 2.05) is 18.2 Å². The van der Waals surface area contributed by atoms with Crippen LogP contribution in [-0.2, 0) is 29.5 Å². The molecule has 1 fully saturated rings. The highest BCUT2D eigenvalue weighted by atomic mass is 16.5. The fourth-order valence-corrected chi connectivity index (χ4v) is 7.98. The van der Waals surface area contributed by atoms with Gasteiger partial charge in [-0.25, -0.2) is 4.98 Å². The summed E-state index contributed by atoms with van der Waals surface area (Å²) >= 11 is 0. The van der Waals surface area contributed by atoms with Crippen molar-refractivity contribution in [3.63, 3.8) is 0 Å². The summed E-state index contributed by atoms with van der Waals surface area (Å²) < 4.78 is 11.1. The van der Waals surface area contributed by atoms with E-state index in [1.54, 1.807) is 36.7 Å². The molecule has 1 saturated carbocycles. The summed E-state index contributed by atoms with van der Waals surface area (Å²) in [5.74, 6) is -1.12. The van der Waals surface area contributed by atoms with Crippen LogP contribution in [0.3, 0.4) is 0 Å². The number of aromatic nitrogens is 2. The lowest BCUT2D eigenvalue weighted by Crippen LogP contribution is -2.51. The van der Waals surface area contributed by atoms with Gasteiger partial charge in [0, 0.05) is 18.0 Å². The van der Waals surface area contributed by atoms with Gasteiger partial charge in [0.25, 0.3) is 0 Å². The van der Waals surface area contributed by atoms with E-state index in [4.69, 9.17) is 15.2 Å². The van der Waals surface area contributed by atoms with E-state index in [0.717, 1.165) is 29.7 Å². The zero-order valence-electron chi connectivity index (χ0n) is 30.2. The number of nitrogen functional groups attached to an aromatic ring is 1. The van der Waals surface area contributed by atoms with Crippen molar-refractivity contribution in [3.8, 4) is 28.7 Å². The average molecular weight is 715 g/mol. The highest BCUT2D eigenvalue weighted by Gasteiger charge is 2.57. The second kappa shape index (κ2) is 17.2. The number of phenols is 3. The molecule has 11 nitrogen and oxygen atoms in total. The zero-order valence-corrected chi connectivity index (χ0v) is 30.2. The Labute approximate surface area is 305 Å². The van der Waals surface area contributed by atoms with Gasteiger partial charge >= 0.3 is 0 Å². The Morgan fingerprint density at radius 3 is 2.52 bits per heavy atom. The number of rotatable bonds is 18. The topological polar surface area (TPSA) is 190 Å². The Morgan fingerprint density at radius 1 is 1.02 bits per heavy atom. The number of phenolic OH excluding ortho intramolecular Hbond substituents is 3. The monoisotopic (exact) mass is 714 g/mol. The third-order valence-corrected chi connectivity index (χ3v) is 10.6. The molecule has 5 rings (SSSR count). The number of carbonyl (C=O) groups excluding carboxylic acids is 1. The maximum Gasteiger partial charge on any atom is 0.200 e. The fourth-order valence-electron chi connectivity index (χ4n) is 7.98. The second-order valence-electron chi connectivity index (χ2n) is 14.5. The van der Waals surface area contributed by atoms with Crippen molar-refractivity contribution in [1.29, 1.82) is 0 Å². The first-order valence-electron chi connectivity index (χ1n) is 18.1. The fraction of sp³-hybridized carbons (Fsp3) is 0.463. The number of hydrogen-bond donors (Lipinski definition) is 6. The zero-order chi connectivity index (χ0) is 37.4. The van der Waals surface area contributed by atoms with Gasteiger partial charge < -0.3 is 45.7 Å². The van der Waals surface area contributed by atoms with E-state index < -0.39 is 29.5 Å². The van der Waals surface area contributed by atoms with E-state index in [-0.39, 0.29) is 53.9 Å². The highest BCUT2D eigenvalue weighted by Crippen LogP contribution is 2.54. The van der Waals surface area contributed by atoms with Gasteiger partial charge in [-0.2, -0.15) is 11.9 Å².